The molecule has 11 heteroatoms. The monoisotopic (exact) mass is 642 g/mol. The molecule has 4 amide bonds. The summed E-state index contributed by atoms with van der Waals surface area (Å²) in [5, 5.41) is 10.9. The first-order valence-corrected chi connectivity index (χ1v) is 16.5. The first-order chi connectivity index (χ1) is 21.7. The minimum absolute atomic E-state index is 0.0169. The van der Waals surface area contributed by atoms with Gasteiger partial charge in [-0.1, -0.05) is 53.7 Å². The van der Waals surface area contributed by atoms with Crippen molar-refractivity contribution in [2.24, 2.45) is 29.6 Å². The average molecular weight is 643 g/mol. The van der Waals surface area contributed by atoms with Crippen molar-refractivity contribution in [3.63, 3.8) is 0 Å². The van der Waals surface area contributed by atoms with Crippen molar-refractivity contribution in [3.8, 4) is 0 Å². The number of rotatable bonds is 18. The molecule has 0 heterocycles. The molecule has 1 aliphatic carbocycles. The Balaban J connectivity index is 2.07. The van der Waals surface area contributed by atoms with E-state index in [2.05, 4.69) is 35.1 Å². The molecule has 46 heavy (non-hydrogen) atoms. The Morgan fingerprint density at radius 3 is 1.96 bits per heavy atom. The molecule has 2 rings (SSSR count). The smallest absolute Gasteiger partial charge is 0.251 e. The third kappa shape index (κ3) is 11.6. The Kier molecular flexibility index (Phi) is 15.5. The summed E-state index contributed by atoms with van der Waals surface area (Å²) in [5.41, 5.74) is 0.839. The van der Waals surface area contributed by atoms with E-state index in [0.717, 1.165) is 12.8 Å². The number of ketones is 2. The van der Waals surface area contributed by atoms with Gasteiger partial charge in [0.25, 0.3) is 5.91 Å². The number of amides is 4. The van der Waals surface area contributed by atoms with Gasteiger partial charge in [0.05, 0.1) is 6.04 Å². The van der Waals surface area contributed by atoms with E-state index in [9.17, 15) is 28.8 Å². The predicted molar refractivity (Wildman–Crippen MR) is 176 cm³/mol. The molecule has 0 aromatic heterocycles. The van der Waals surface area contributed by atoms with Crippen molar-refractivity contribution in [1.82, 2.24) is 21.3 Å². The average Bonchev–Trinajstić information content (AvgIpc) is 3.36. The zero-order chi connectivity index (χ0) is 34.6. The van der Waals surface area contributed by atoms with E-state index in [4.69, 9.17) is 4.74 Å². The summed E-state index contributed by atoms with van der Waals surface area (Å²) >= 11 is 0. The SMILES string of the molecule is COCCCNC(=O)[C@H](CCC(=O)N[C@H](C(=O)N[C@@H](C)C(=O)C(C)C)C(C)C)NC(=O)c1ccc(C(=O)C2CC(C)C(C)C2)cc1. The minimum atomic E-state index is -1.03. The maximum Gasteiger partial charge on any atom is 0.251 e. The largest absolute Gasteiger partial charge is 0.385 e. The number of carbonyl (C=O) groups excluding carboxylic acids is 6. The van der Waals surface area contributed by atoms with Gasteiger partial charge in [0.15, 0.2) is 11.6 Å². The molecule has 11 nitrogen and oxygen atoms in total. The summed E-state index contributed by atoms with van der Waals surface area (Å²) in [4.78, 5) is 77.4. The minimum Gasteiger partial charge on any atom is -0.385 e. The summed E-state index contributed by atoms with van der Waals surface area (Å²) in [6.07, 6.45) is 2.13. The van der Waals surface area contributed by atoms with Crippen LogP contribution in [-0.2, 0) is 23.9 Å². The molecule has 1 aromatic rings. The van der Waals surface area contributed by atoms with Crippen molar-refractivity contribution in [3.05, 3.63) is 35.4 Å². The van der Waals surface area contributed by atoms with Crippen LogP contribution in [0.4, 0.5) is 0 Å². The van der Waals surface area contributed by atoms with Crippen LogP contribution in [0.15, 0.2) is 24.3 Å². The van der Waals surface area contributed by atoms with Crippen LogP contribution in [0.3, 0.4) is 0 Å². The van der Waals surface area contributed by atoms with E-state index in [0.29, 0.717) is 37.0 Å². The quantitative estimate of drug-likeness (QED) is 0.141. The maximum absolute atomic E-state index is 13.2. The number of hydrogen-bond acceptors (Lipinski definition) is 7. The molecule has 0 saturated heterocycles. The normalized spacial score (nSPS) is 19.7. The van der Waals surface area contributed by atoms with Crippen LogP contribution in [0.2, 0.25) is 0 Å². The van der Waals surface area contributed by atoms with Crippen LogP contribution in [0.5, 0.6) is 0 Å². The van der Waals surface area contributed by atoms with Gasteiger partial charge in [0, 0.05) is 49.6 Å². The first kappa shape index (κ1) is 38.6. The summed E-state index contributed by atoms with van der Waals surface area (Å²) < 4.78 is 5.03. The van der Waals surface area contributed by atoms with Crippen LogP contribution in [0, 0.1) is 29.6 Å². The first-order valence-electron chi connectivity index (χ1n) is 16.5. The van der Waals surface area contributed by atoms with E-state index < -0.39 is 41.8 Å². The van der Waals surface area contributed by atoms with Crippen LogP contribution in [0.25, 0.3) is 0 Å². The van der Waals surface area contributed by atoms with Crippen molar-refractivity contribution >= 4 is 35.2 Å². The van der Waals surface area contributed by atoms with E-state index in [-0.39, 0.29) is 47.7 Å². The number of hydrogen-bond donors (Lipinski definition) is 4. The Labute approximate surface area is 273 Å². The van der Waals surface area contributed by atoms with Crippen LogP contribution in [0.1, 0.15) is 101 Å². The molecule has 1 fully saturated rings. The lowest BCUT2D eigenvalue weighted by Gasteiger charge is -2.25. The second kappa shape index (κ2) is 18.5. The number of Topliss-reactive ketones (excluding diaryl/α,β-unsaturated/α-hetero) is 2. The summed E-state index contributed by atoms with van der Waals surface area (Å²) in [5.74, 6) is -1.47. The van der Waals surface area contributed by atoms with Crippen LogP contribution in [-0.4, -0.2) is 73.6 Å². The molecule has 0 bridgehead atoms. The van der Waals surface area contributed by atoms with Crippen LogP contribution >= 0.6 is 0 Å². The fraction of sp³-hybridized carbons (Fsp3) is 0.657. The Morgan fingerprint density at radius 2 is 1.41 bits per heavy atom. The zero-order valence-corrected chi connectivity index (χ0v) is 28.7. The van der Waals surface area contributed by atoms with Gasteiger partial charge in [-0.15, -0.1) is 0 Å². The van der Waals surface area contributed by atoms with Gasteiger partial charge in [-0.2, -0.15) is 0 Å². The van der Waals surface area contributed by atoms with Gasteiger partial charge < -0.3 is 26.0 Å². The summed E-state index contributed by atoms with van der Waals surface area (Å²) in [6.45, 7) is 13.8. The van der Waals surface area contributed by atoms with Crippen molar-refractivity contribution in [2.45, 2.75) is 98.7 Å². The molecule has 256 valence electrons. The van der Waals surface area contributed by atoms with Gasteiger partial charge in [-0.3, -0.25) is 28.8 Å². The number of ether oxygens (including phenoxy) is 1. The molecule has 1 saturated carbocycles. The molecule has 5 atom stereocenters. The van der Waals surface area contributed by atoms with Crippen molar-refractivity contribution in [1.29, 1.82) is 0 Å². The van der Waals surface area contributed by atoms with Crippen molar-refractivity contribution < 1.29 is 33.5 Å². The third-order valence-electron chi connectivity index (χ3n) is 8.81. The van der Waals surface area contributed by atoms with Crippen molar-refractivity contribution in [2.75, 3.05) is 20.3 Å². The van der Waals surface area contributed by atoms with Gasteiger partial charge in [-0.25, -0.2) is 0 Å². The second-order valence-corrected chi connectivity index (χ2v) is 13.3. The van der Waals surface area contributed by atoms with Gasteiger partial charge in [-0.05, 0) is 62.5 Å². The highest BCUT2D eigenvalue weighted by molar-refractivity contribution is 6.01. The lowest BCUT2D eigenvalue weighted by molar-refractivity contribution is -0.133. The van der Waals surface area contributed by atoms with E-state index in [1.54, 1.807) is 66.0 Å². The second-order valence-electron chi connectivity index (χ2n) is 13.3. The Bertz CT molecular complexity index is 1200. The lowest BCUT2D eigenvalue weighted by atomic mass is 9.94. The molecule has 0 spiro atoms. The number of benzene rings is 1. The van der Waals surface area contributed by atoms with Gasteiger partial charge in [0.1, 0.15) is 12.1 Å². The summed E-state index contributed by atoms with van der Waals surface area (Å²) in [6, 6.07) is 3.81. The van der Waals surface area contributed by atoms with E-state index in [1.165, 1.54) is 0 Å². The number of carbonyl (C=O) groups is 6. The molecule has 1 aliphatic rings. The molecular formula is C35H54N4O7. The fourth-order valence-corrected chi connectivity index (χ4v) is 5.69. The zero-order valence-electron chi connectivity index (χ0n) is 28.7. The van der Waals surface area contributed by atoms with Gasteiger partial charge in [0.2, 0.25) is 17.7 Å². The third-order valence-corrected chi connectivity index (χ3v) is 8.81. The lowest BCUT2D eigenvalue weighted by Crippen LogP contribution is -2.53. The highest BCUT2D eigenvalue weighted by Gasteiger charge is 2.33. The highest BCUT2D eigenvalue weighted by atomic mass is 16.5. The molecule has 0 aliphatic heterocycles. The van der Waals surface area contributed by atoms with E-state index >= 15 is 0 Å². The van der Waals surface area contributed by atoms with Gasteiger partial charge >= 0.3 is 0 Å². The molecule has 1 aromatic carbocycles. The standard InChI is InChI=1S/C35H54N4O7/c1-20(2)30(35(45)37-24(7)31(41)21(3)4)39-29(40)15-14-28(34(44)36-16-9-17-46-8)38-33(43)26-12-10-25(11-13-26)32(42)27-18-22(5)23(6)19-27/h10-13,20-24,27-28,30H,9,14-19H2,1-8H3,(H,36,44)(H,37,45)(H,38,43)(H,39,40)/t22?,23?,24-,27?,28-,30-/m0/s1. The van der Waals surface area contributed by atoms with Crippen LogP contribution < -0.4 is 21.3 Å². The fourth-order valence-electron chi connectivity index (χ4n) is 5.69. The Morgan fingerprint density at radius 1 is 0.826 bits per heavy atom. The number of nitrogens with one attached hydrogen (secondary N) is 4. The topological polar surface area (TPSA) is 160 Å². The highest BCUT2D eigenvalue weighted by Crippen LogP contribution is 2.37. The molecule has 4 N–H and O–H groups in total. The molecule has 2 unspecified atom stereocenters. The molecular weight excluding hydrogens is 588 g/mol. The Hall–Kier alpha value is -3.60. The molecule has 0 radical (unpaired) electrons. The van der Waals surface area contributed by atoms with E-state index in [1.807, 2.05) is 0 Å². The number of methoxy groups -OCH3 is 1. The predicted octanol–water partition coefficient (Wildman–Crippen LogP) is 3.45. The maximum atomic E-state index is 13.2. The summed E-state index contributed by atoms with van der Waals surface area (Å²) in [7, 11) is 1.56.